The van der Waals surface area contributed by atoms with Crippen LogP contribution in [0.5, 0.6) is 5.75 Å². The van der Waals surface area contributed by atoms with Gasteiger partial charge in [-0.25, -0.2) is 0 Å². The van der Waals surface area contributed by atoms with E-state index in [-0.39, 0.29) is 30.5 Å². The van der Waals surface area contributed by atoms with Crippen LogP contribution in [-0.4, -0.2) is 64.6 Å². The van der Waals surface area contributed by atoms with Gasteiger partial charge in [0, 0.05) is 6.42 Å². The summed E-state index contributed by atoms with van der Waals surface area (Å²) in [6.07, 6.45) is 13.8. The molecular weight excluding hydrogens is 633 g/mol. The van der Waals surface area contributed by atoms with E-state index in [1.54, 1.807) is 7.11 Å². The zero-order valence-corrected chi connectivity index (χ0v) is 33.1. The molecule has 2 aliphatic rings. The summed E-state index contributed by atoms with van der Waals surface area (Å²) < 4.78 is 37.6. The third kappa shape index (κ3) is 12.6. The maximum absolute atomic E-state index is 11.0. The molecule has 0 saturated carbocycles. The molecule has 1 aromatic carbocycles. The van der Waals surface area contributed by atoms with Crippen LogP contribution < -0.4 is 4.74 Å². The highest BCUT2D eigenvalue weighted by molar-refractivity contribution is 6.77. The Morgan fingerprint density at radius 3 is 2.29 bits per heavy atom. The summed E-state index contributed by atoms with van der Waals surface area (Å²) >= 11 is 0. The number of carbonyl (C=O) groups is 1. The van der Waals surface area contributed by atoms with E-state index in [1.807, 2.05) is 44.2 Å². The number of benzene rings is 1. The Bertz CT molecular complexity index is 1180. The highest BCUT2D eigenvalue weighted by Gasteiger charge is 2.46. The van der Waals surface area contributed by atoms with Crippen molar-refractivity contribution in [3.05, 3.63) is 66.3 Å². The molecule has 0 spiro atoms. The van der Waals surface area contributed by atoms with Gasteiger partial charge in [0.15, 0.2) is 5.79 Å². The first kappa shape index (κ1) is 41.3. The summed E-state index contributed by atoms with van der Waals surface area (Å²) in [5.41, 5.74) is 3.68. The smallest absolute Gasteiger partial charge is 0.201 e. The Morgan fingerprint density at radius 2 is 1.71 bits per heavy atom. The van der Waals surface area contributed by atoms with Crippen molar-refractivity contribution in [3.63, 3.8) is 0 Å². The molecule has 0 bridgehead atoms. The summed E-state index contributed by atoms with van der Waals surface area (Å²) in [5.74, 6) is 0.596. The fourth-order valence-corrected chi connectivity index (χ4v) is 13.3. The Hall–Kier alpha value is -2.07. The molecule has 1 saturated heterocycles. The highest BCUT2D eigenvalue weighted by Crippen LogP contribution is 2.44. The molecule has 3 rings (SSSR count). The van der Waals surface area contributed by atoms with E-state index in [2.05, 4.69) is 73.3 Å². The third-order valence-corrected chi connectivity index (χ3v) is 16.2. The fourth-order valence-electron chi connectivity index (χ4n) is 7.84. The summed E-state index contributed by atoms with van der Waals surface area (Å²) in [6.45, 7) is 25.7. The van der Waals surface area contributed by atoms with Crippen molar-refractivity contribution in [1.29, 1.82) is 0 Å². The van der Waals surface area contributed by atoms with Crippen LogP contribution in [0.3, 0.4) is 0 Å². The molecule has 8 heteroatoms. The van der Waals surface area contributed by atoms with E-state index in [4.69, 9.17) is 28.1 Å². The summed E-state index contributed by atoms with van der Waals surface area (Å²) in [6, 6.07) is 7.98. The summed E-state index contributed by atoms with van der Waals surface area (Å²) in [5, 5.41) is 0. The van der Waals surface area contributed by atoms with Crippen molar-refractivity contribution in [2.45, 2.75) is 160 Å². The van der Waals surface area contributed by atoms with Gasteiger partial charge in [0.2, 0.25) is 8.32 Å². The van der Waals surface area contributed by atoms with E-state index in [1.165, 1.54) is 5.57 Å². The predicted molar refractivity (Wildman–Crippen MR) is 201 cm³/mol. The average molecular weight is 699 g/mol. The number of ether oxygens (including phenoxy) is 5. The van der Waals surface area contributed by atoms with E-state index in [0.717, 1.165) is 43.3 Å². The molecule has 276 valence electrons. The quantitative estimate of drug-likeness (QED) is 0.0719. The van der Waals surface area contributed by atoms with E-state index < -0.39 is 14.1 Å². The molecule has 0 amide bonds. The molecule has 1 unspecified atom stereocenters. The lowest BCUT2D eigenvalue weighted by atomic mass is 9.91. The standard InChI is InChI=1S/C41H66O7Si/c1-29(2)49(30(3)4,31(5)6)48-38(26-33(8)24-32(7)25-37-15-12-14-36(46-37)22-23-42)16-13-17-39(40-28-45-41(9,10)47-40)44-27-34-18-20-35(43-11)21-19-34/h12-14,16,18-21,23,29-32,36-40H,8,15,17,22,24-28H2,1-7,9-11H3/b16-13+/t32-,36-,37-,38?,39+,40-/m0/s1. The van der Waals surface area contributed by atoms with Gasteiger partial charge in [0.25, 0.3) is 0 Å². The first-order chi connectivity index (χ1) is 23.2. The molecule has 49 heavy (non-hydrogen) atoms. The van der Waals surface area contributed by atoms with Gasteiger partial charge in [0.05, 0.1) is 44.7 Å². The number of aldehydes is 1. The summed E-state index contributed by atoms with van der Waals surface area (Å²) in [7, 11) is -0.498. The predicted octanol–water partition coefficient (Wildman–Crippen LogP) is 9.90. The van der Waals surface area contributed by atoms with Gasteiger partial charge in [-0.1, -0.05) is 97.1 Å². The lowest BCUT2D eigenvalue weighted by Crippen LogP contribution is -2.50. The molecule has 6 atom stereocenters. The van der Waals surface area contributed by atoms with Crippen LogP contribution in [-0.2, 0) is 34.8 Å². The maximum Gasteiger partial charge on any atom is 0.201 e. The first-order valence-corrected chi connectivity index (χ1v) is 20.7. The van der Waals surface area contributed by atoms with Crippen molar-refractivity contribution in [2.24, 2.45) is 5.92 Å². The van der Waals surface area contributed by atoms with Gasteiger partial charge >= 0.3 is 0 Å². The second-order valence-corrected chi connectivity index (χ2v) is 21.0. The second kappa shape index (κ2) is 19.5. The summed E-state index contributed by atoms with van der Waals surface area (Å²) in [4.78, 5) is 11.0. The van der Waals surface area contributed by atoms with Crippen LogP contribution >= 0.6 is 0 Å². The van der Waals surface area contributed by atoms with Gasteiger partial charge in [0.1, 0.15) is 18.1 Å². The Balaban J connectivity index is 1.76. The van der Waals surface area contributed by atoms with Crippen molar-refractivity contribution in [1.82, 2.24) is 0 Å². The monoisotopic (exact) mass is 698 g/mol. The number of methoxy groups -OCH3 is 1. The Kier molecular flexibility index (Phi) is 16.5. The van der Waals surface area contributed by atoms with Gasteiger partial charge in [-0.05, 0) is 86.2 Å². The molecule has 0 radical (unpaired) electrons. The minimum absolute atomic E-state index is 0.0798. The van der Waals surface area contributed by atoms with Gasteiger partial charge in [-0.15, -0.1) is 0 Å². The van der Waals surface area contributed by atoms with Gasteiger partial charge < -0.3 is 32.9 Å². The minimum atomic E-state index is -2.17. The highest BCUT2D eigenvalue weighted by atomic mass is 28.4. The lowest BCUT2D eigenvalue weighted by Gasteiger charge is -2.44. The number of rotatable bonds is 21. The molecule has 0 aliphatic carbocycles. The van der Waals surface area contributed by atoms with Crippen LogP contribution in [0.2, 0.25) is 16.6 Å². The van der Waals surface area contributed by atoms with Crippen LogP contribution in [0.25, 0.3) is 0 Å². The van der Waals surface area contributed by atoms with Crippen LogP contribution in [0.1, 0.15) is 106 Å². The number of hydrogen-bond donors (Lipinski definition) is 0. The Labute approximate surface area is 298 Å². The van der Waals surface area contributed by atoms with Crippen molar-refractivity contribution < 1.29 is 32.9 Å². The molecule has 2 aliphatic heterocycles. The van der Waals surface area contributed by atoms with Crippen LogP contribution in [0.4, 0.5) is 0 Å². The second-order valence-electron chi connectivity index (χ2n) is 15.6. The zero-order chi connectivity index (χ0) is 36.2. The van der Waals surface area contributed by atoms with E-state index in [0.29, 0.717) is 48.6 Å². The van der Waals surface area contributed by atoms with Crippen LogP contribution in [0, 0.1) is 5.92 Å². The minimum Gasteiger partial charge on any atom is -0.497 e. The molecular formula is C41H66O7Si. The maximum atomic E-state index is 11.0. The Morgan fingerprint density at radius 1 is 1.04 bits per heavy atom. The lowest BCUT2D eigenvalue weighted by molar-refractivity contribution is -0.157. The largest absolute Gasteiger partial charge is 0.497 e. The van der Waals surface area contributed by atoms with E-state index >= 15 is 0 Å². The van der Waals surface area contributed by atoms with E-state index in [9.17, 15) is 4.79 Å². The topological polar surface area (TPSA) is 72.5 Å². The SMILES string of the molecule is C=C(CC(/C=C/C[C@@H](OCc1ccc(OC)cc1)[C@@H]1COC(C)(C)O1)O[Si](C(C)C)(C(C)C)C(C)C)C[C@H](C)C[C@@H]1CC=C[C@@H](CC=O)O1. The number of hydrogen-bond acceptors (Lipinski definition) is 7. The van der Waals surface area contributed by atoms with Crippen LogP contribution in [0.15, 0.2) is 60.7 Å². The molecule has 0 aromatic heterocycles. The first-order valence-electron chi connectivity index (χ1n) is 18.5. The zero-order valence-electron chi connectivity index (χ0n) is 32.1. The molecule has 0 N–H and O–H groups in total. The average Bonchev–Trinajstić information content (AvgIpc) is 3.40. The molecule has 1 aromatic rings. The molecule has 2 heterocycles. The van der Waals surface area contributed by atoms with Crippen molar-refractivity contribution in [3.8, 4) is 5.75 Å². The molecule has 7 nitrogen and oxygen atoms in total. The van der Waals surface area contributed by atoms with Crippen molar-refractivity contribution in [2.75, 3.05) is 13.7 Å². The van der Waals surface area contributed by atoms with Gasteiger partial charge in [-0.3, -0.25) is 0 Å². The van der Waals surface area contributed by atoms with Crippen molar-refractivity contribution >= 4 is 14.6 Å². The normalized spacial score (nSPS) is 23.0. The number of carbonyl (C=O) groups excluding carboxylic acids is 1. The third-order valence-electron chi connectivity index (χ3n) is 10.1. The fraction of sp³-hybridized carbons (Fsp3) is 0.683. The molecule has 1 fully saturated rings. The van der Waals surface area contributed by atoms with Gasteiger partial charge in [-0.2, -0.15) is 0 Å².